The van der Waals surface area contributed by atoms with Crippen LogP contribution in [0.1, 0.15) is 37.3 Å². The zero-order valence-electron chi connectivity index (χ0n) is 9.58. The summed E-state index contributed by atoms with van der Waals surface area (Å²) >= 11 is 0. The van der Waals surface area contributed by atoms with Gasteiger partial charge in [-0.3, -0.25) is 0 Å². The lowest BCUT2D eigenvalue weighted by Gasteiger charge is -2.20. The zero-order chi connectivity index (χ0) is 11.5. The van der Waals surface area contributed by atoms with Crippen LogP contribution in [0.4, 0.5) is 4.39 Å². The van der Waals surface area contributed by atoms with Crippen molar-refractivity contribution in [2.24, 2.45) is 11.7 Å². The molecule has 1 aromatic carbocycles. The molecule has 2 nitrogen and oxygen atoms in total. The Hall–Kier alpha value is -1.09. The van der Waals surface area contributed by atoms with E-state index in [1.807, 2.05) is 0 Å². The van der Waals surface area contributed by atoms with Gasteiger partial charge < -0.3 is 10.5 Å². The summed E-state index contributed by atoms with van der Waals surface area (Å²) < 4.78 is 18.9. The number of ether oxygens (including phenoxy) is 1. The maximum atomic E-state index is 14.0. The highest BCUT2D eigenvalue weighted by Gasteiger charge is 2.26. The molecule has 0 aliphatic heterocycles. The van der Waals surface area contributed by atoms with Gasteiger partial charge in [-0.2, -0.15) is 0 Å². The number of halogens is 1. The summed E-state index contributed by atoms with van der Waals surface area (Å²) in [7, 11) is 1.48. The van der Waals surface area contributed by atoms with Crippen LogP contribution in [0.5, 0.6) is 5.75 Å². The van der Waals surface area contributed by atoms with E-state index in [-0.39, 0.29) is 17.6 Å². The highest BCUT2D eigenvalue weighted by atomic mass is 19.1. The molecule has 16 heavy (non-hydrogen) atoms. The van der Waals surface area contributed by atoms with Crippen LogP contribution in [0.2, 0.25) is 0 Å². The van der Waals surface area contributed by atoms with Crippen molar-refractivity contribution in [1.82, 2.24) is 0 Å². The van der Waals surface area contributed by atoms with Crippen LogP contribution in [0.3, 0.4) is 0 Å². The Morgan fingerprint density at radius 2 is 2.06 bits per heavy atom. The second-order valence-corrected chi connectivity index (χ2v) is 4.43. The molecule has 1 aliphatic rings. The fourth-order valence-corrected chi connectivity index (χ4v) is 2.51. The molecule has 0 amide bonds. The minimum atomic E-state index is -0.301. The normalized spacial score (nSPS) is 18.7. The Bertz CT molecular complexity index is 361. The predicted octanol–water partition coefficient (Wildman–Crippen LogP) is 3.02. The molecule has 0 aromatic heterocycles. The van der Waals surface area contributed by atoms with Crippen LogP contribution in [-0.4, -0.2) is 7.11 Å². The van der Waals surface area contributed by atoms with Crippen molar-refractivity contribution in [1.29, 1.82) is 0 Å². The van der Waals surface area contributed by atoms with Crippen molar-refractivity contribution in [2.75, 3.05) is 7.11 Å². The maximum Gasteiger partial charge on any atom is 0.169 e. The lowest BCUT2D eigenvalue weighted by Crippen LogP contribution is -2.20. The van der Waals surface area contributed by atoms with Crippen molar-refractivity contribution < 1.29 is 9.13 Å². The summed E-state index contributed by atoms with van der Waals surface area (Å²) in [5, 5.41) is 0. The minimum absolute atomic E-state index is 0.197. The van der Waals surface area contributed by atoms with Crippen LogP contribution in [0, 0.1) is 11.7 Å². The van der Waals surface area contributed by atoms with E-state index < -0.39 is 0 Å². The Balaban J connectivity index is 2.25. The number of hydrogen-bond donors (Lipinski definition) is 1. The van der Waals surface area contributed by atoms with E-state index >= 15 is 0 Å². The third-order valence-corrected chi connectivity index (χ3v) is 3.48. The SMILES string of the molecule is COc1cccc([C@@H](N)C2CCCC2)c1F. The van der Waals surface area contributed by atoms with Gasteiger partial charge in [0.15, 0.2) is 11.6 Å². The maximum absolute atomic E-state index is 14.0. The summed E-state index contributed by atoms with van der Waals surface area (Å²) in [4.78, 5) is 0. The van der Waals surface area contributed by atoms with Gasteiger partial charge in [0.25, 0.3) is 0 Å². The van der Waals surface area contributed by atoms with Crippen molar-refractivity contribution >= 4 is 0 Å². The van der Waals surface area contributed by atoms with Gasteiger partial charge in [-0.05, 0) is 24.8 Å². The third kappa shape index (κ3) is 2.05. The monoisotopic (exact) mass is 223 g/mol. The number of hydrogen-bond acceptors (Lipinski definition) is 2. The molecule has 1 fully saturated rings. The van der Waals surface area contributed by atoms with Crippen LogP contribution in [-0.2, 0) is 0 Å². The fourth-order valence-electron chi connectivity index (χ4n) is 2.51. The molecular formula is C13H18FNO. The molecular weight excluding hydrogens is 205 g/mol. The topological polar surface area (TPSA) is 35.2 Å². The quantitative estimate of drug-likeness (QED) is 0.854. The third-order valence-electron chi connectivity index (χ3n) is 3.48. The zero-order valence-corrected chi connectivity index (χ0v) is 9.58. The Morgan fingerprint density at radius 3 is 2.69 bits per heavy atom. The standard InChI is InChI=1S/C13H18FNO/c1-16-11-8-4-7-10(12(11)14)13(15)9-5-2-3-6-9/h4,7-9,13H,2-3,5-6,15H2,1H3/t13-/m0/s1. The molecule has 0 heterocycles. The molecule has 1 saturated carbocycles. The minimum Gasteiger partial charge on any atom is -0.494 e. The average molecular weight is 223 g/mol. The summed E-state index contributed by atoms with van der Waals surface area (Å²) in [5.74, 6) is 0.400. The molecule has 0 radical (unpaired) electrons. The van der Waals surface area contributed by atoms with E-state index in [9.17, 15) is 4.39 Å². The van der Waals surface area contributed by atoms with Gasteiger partial charge in [-0.1, -0.05) is 25.0 Å². The number of methoxy groups -OCH3 is 1. The molecule has 0 unspecified atom stereocenters. The van der Waals surface area contributed by atoms with Crippen LogP contribution in [0.15, 0.2) is 18.2 Å². The Labute approximate surface area is 95.6 Å². The van der Waals surface area contributed by atoms with Gasteiger partial charge in [-0.15, -0.1) is 0 Å². The van der Waals surface area contributed by atoms with E-state index in [0.717, 1.165) is 12.8 Å². The first-order valence-electron chi connectivity index (χ1n) is 5.82. The number of rotatable bonds is 3. The molecule has 88 valence electrons. The summed E-state index contributed by atoms with van der Waals surface area (Å²) in [5.41, 5.74) is 6.72. The van der Waals surface area contributed by atoms with E-state index in [1.54, 1.807) is 18.2 Å². The van der Waals surface area contributed by atoms with Gasteiger partial charge in [0.2, 0.25) is 0 Å². The summed E-state index contributed by atoms with van der Waals surface area (Å²) in [6.07, 6.45) is 4.64. The second kappa shape index (κ2) is 4.83. The van der Waals surface area contributed by atoms with E-state index in [0.29, 0.717) is 11.5 Å². The highest BCUT2D eigenvalue weighted by Crippen LogP contribution is 2.36. The van der Waals surface area contributed by atoms with Crippen molar-refractivity contribution in [2.45, 2.75) is 31.7 Å². The van der Waals surface area contributed by atoms with Crippen molar-refractivity contribution in [3.8, 4) is 5.75 Å². The number of nitrogens with two attached hydrogens (primary N) is 1. The molecule has 0 bridgehead atoms. The molecule has 3 heteroatoms. The van der Waals surface area contributed by atoms with E-state index in [1.165, 1.54) is 20.0 Å². The first-order chi connectivity index (χ1) is 7.74. The molecule has 0 saturated heterocycles. The molecule has 1 atom stereocenters. The summed E-state index contributed by atoms with van der Waals surface area (Å²) in [6.45, 7) is 0. The smallest absolute Gasteiger partial charge is 0.169 e. The first kappa shape index (κ1) is 11.4. The Morgan fingerprint density at radius 1 is 1.38 bits per heavy atom. The van der Waals surface area contributed by atoms with E-state index in [4.69, 9.17) is 10.5 Å². The lowest BCUT2D eigenvalue weighted by molar-refractivity contribution is 0.373. The molecule has 2 N–H and O–H groups in total. The average Bonchev–Trinajstić information content (AvgIpc) is 2.82. The lowest BCUT2D eigenvalue weighted by atomic mass is 9.92. The second-order valence-electron chi connectivity index (χ2n) is 4.43. The Kier molecular flexibility index (Phi) is 3.44. The van der Waals surface area contributed by atoms with Gasteiger partial charge in [-0.25, -0.2) is 4.39 Å². The highest BCUT2D eigenvalue weighted by molar-refractivity contribution is 5.33. The van der Waals surface area contributed by atoms with Gasteiger partial charge in [0.1, 0.15) is 0 Å². The largest absolute Gasteiger partial charge is 0.494 e. The first-order valence-corrected chi connectivity index (χ1v) is 5.82. The fraction of sp³-hybridized carbons (Fsp3) is 0.538. The molecule has 1 aromatic rings. The molecule has 2 rings (SSSR count). The van der Waals surface area contributed by atoms with Crippen molar-refractivity contribution in [3.05, 3.63) is 29.6 Å². The van der Waals surface area contributed by atoms with Crippen LogP contribution < -0.4 is 10.5 Å². The van der Waals surface area contributed by atoms with Gasteiger partial charge in [0.05, 0.1) is 7.11 Å². The van der Waals surface area contributed by atoms with Crippen LogP contribution in [0.25, 0.3) is 0 Å². The van der Waals surface area contributed by atoms with E-state index in [2.05, 4.69) is 0 Å². The number of benzene rings is 1. The summed E-state index contributed by atoms with van der Waals surface area (Å²) in [6, 6.07) is 4.99. The predicted molar refractivity (Wildman–Crippen MR) is 61.8 cm³/mol. The van der Waals surface area contributed by atoms with Crippen molar-refractivity contribution in [3.63, 3.8) is 0 Å². The molecule has 0 spiro atoms. The van der Waals surface area contributed by atoms with Gasteiger partial charge in [0, 0.05) is 11.6 Å². The van der Waals surface area contributed by atoms with Gasteiger partial charge >= 0.3 is 0 Å². The van der Waals surface area contributed by atoms with Crippen LogP contribution >= 0.6 is 0 Å². The molecule has 1 aliphatic carbocycles.